The molecule has 1 aromatic carbocycles. The van der Waals surface area contributed by atoms with Gasteiger partial charge in [0.2, 0.25) is 10.0 Å². The van der Waals surface area contributed by atoms with E-state index in [1.54, 1.807) is 6.07 Å². The van der Waals surface area contributed by atoms with E-state index < -0.39 is 15.6 Å². The first-order chi connectivity index (χ1) is 10.8. The standard InChI is InChI=1S/C15H24N2O5S.ClH/c1-11-7-13(22-3)14(8-12(11)21-2)23(19,20)17-10-15(18)5-4-6-16-9-15;/h7-8,16-18H,4-6,9-10H2,1-3H3;1H. The molecule has 138 valence electrons. The number of rotatable bonds is 6. The zero-order valence-corrected chi connectivity index (χ0v) is 15.7. The topological polar surface area (TPSA) is 96.9 Å². The van der Waals surface area contributed by atoms with Crippen molar-refractivity contribution in [1.82, 2.24) is 10.0 Å². The predicted octanol–water partition coefficient (Wildman–Crippen LogP) is 0.827. The molecule has 1 unspecified atom stereocenters. The van der Waals surface area contributed by atoms with Gasteiger partial charge in [0.1, 0.15) is 16.4 Å². The normalized spacial score (nSPS) is 21.0. The van der Waals surface area contributed by atoms with Gasteiger partial charge < -0.3 is 19.9 Å². The molecule has 0 spiro atoms. The van der Waals surface area contributed by atoms with E-state index in [9.17, 15) is 13.5 Å². The second-order valence-electron chi connectivity index (χ2n) is 5.80. The Bertz CT molecular complexity index is 660. The second kappa shape index (κ2) is 8.35. The molecule has 1 saturated heterocycles. The van der Waals surface area contributed by atoms with E-state index in [0.29, 0.717) is 18.7 Å². The molecule has 9 heteroatoms. The molecule has 0 bridgehead atoms. The molecule has 1 aliphatic rings. The Morgan fingerprint density at radius 2 is 1.96 bits per heavy atom. The highest BCUT2D eigenvalue weighted by Crippen LogP contribution is 2.31. The van der Waals surface area contributed by atoms with Gasteiger partial charge in [-0.3, -0.25) is 0 Å². The molecule has 0 aromatic heterocycles. The van der Waals surface area contributed by atoms with Crippen LogP contribution in [-0.4, -0.2) is 53.0 Å². The Labute approximate surface area is 149 Å². The molecule has 1 fully saturated rings. The summed E-state index contributed by atoms with van der Waals surface area (Å²) in [4.78, 5) is -0.00480. The van der Waals surface area contributed by atoms with Crippen LogP contribution in [0.15, 0.2) is 17.0 Å². The minimum Gasteiger partial charge on any atom is -0.496 e. The van der Waals surface area contributed by atoms with Gasteiger partial charge in [0.05, 0.1) is 19.8 Å². The van der Waals surface area contributed by atoms with Gasteiger partial charge in [-0.1, -0.05) is 0 Å². The number of benzene rings is 1. The fourth-order valence-electron chi connectivity index (χ4n) is 2.64. The maximum atomic E-state index is 12.6. The lowest BCUT2D eigenvalue weighted by Gasteiger charge is -2.32. The van der Waals surface area contributed by atoms with Crippen LogP contribution in [0.25, 0.3) is 0 Å². The Morgan fingerprint density at radius 1 is 1.29 bits per heavy atom. The summed E-state index contributed by atoms with van der Waals surface area (Å²) in [6, 6.07) is 3.05. The van der Waals surface area contributed by atoms with Gasteiger partial charge >= 0.3 is 0 Å². The summed E-state index contributed by atoms with van der Waals surface area (Å²) in [5, 5.41) is 13.5. The lowest BCUT2D eigenvalue weighted by Crippen LogP contribution is -2.52. The molecule has 0 aliphatic carbocycles. The van der Waals surface area contributed by atoms with Crippen molar-refractivity contribution in [3.63, 3.8) is 0 Å². The Balaban J connectivity index is 0.00000288. The minimum atomic E-state index is -3.83. The zero-order valence-electron chi connectivity index (χ0n) is 14.1. The number of aryl methyl sites for hydroxylation is 1. The quantitative estimate of drug-likeness (QED) is 0.676. The molecular formula is C15H25ClN2O5S. The van der Waals surface area contributed by atoms with Crippen LogP contribution in [0.2, 0.25) is 0 Å². The SMILES string of the molecule is COc1cc(S(=O)(=O)NCC2(O)CCCNC2)c(OC)cc1C.Cl. The highest BCUT2D eigenvalue weighted by molar-refractivity contribution is 7.89. The number of hydrogen-bond donors (Lipinski definition) is 3. The van der Waals surface area contributed by atoms with Crippen molar-refractivity contribution < 1.29 is 23.0 Å². The first-order valence-corrected chi connectivity index (χ1v) is 8.95. The van der Waals surface area contributed by atoms with Crippen molar-refractivity contribution in [3.05, 3.63) is 17.7 Å². The first kappa shape index (κ1) is 21.0. The van der Waals surface area contributed by atoms with E-state index in [0.717, 1.165) is 18.5 Å². The van der Waals surface area contributed by atoms with Gasteiger partial charge in [-0.2, -0.15) is 0 Å². The molecule has 7 nitrogen and oxygen atoms in total. The number of sulfonamides is 1. The molecule has 0 saturated carbocycles. The molecule has 3 N–H and O–H groups in total. The van der Waals surface area contributed by atoms with Crippen LogP contribution < -0.4 is 19.5 Å². The zero-order chi connectivity index (χ0) is 17.1. The summed E-state index contributed by atoms with van der Waals surface area (Å²) in [7, 11) is -0.936. The van der Waals surface area contributed by atoms with Gasteiger partial charge in [-0.25, -0.2) is 13.1 Å². The van der Waals surface area contributed by atoms with E-state index in [4.69, 9.17) is 9.47 Å². The van der Waals surface area contributed by atoms with Gasteiger partial charge in [0.15, 0.2) is 0 Å². The highest BCUT2D eigenvalue weighted by Gasteiger charge is 2.32. The van der Waals surface area contributed by atoms with E-state index in [1.165, 1.54) is 20.3 Å². The number of nitrogens with one attached hydrogen (secondary N) is 2. The highest BCUT2D eigenvalue weighted by atomic mass is 35.5. The van der Waals surface area contributed by atoms with Crippen molar-refractivity contribution in [2.45, 2.75) is 30.3 Å². The average Bonchev–Trinajstić information content (AvgIpc) is 2.53. The first-order valence-electron chi connectivity index (χ1n) is 7.47. The number of ether oxygens (including phenoxy) is 2. The Hall–Kier alpha value is -1.06. The third kappa shape index (κ3) is 4.73. The van der Waals surface area contributed by atoms with Crippen molar-refractivity contribution in [3.8, 4) is 11.5 Å². The third-order valence-electron chi connectivity index (χ3n) is 4.01. The molecule has 0 radical (unpaired) electrons. The van der Waals surface area contributed by atoms with Gasteiger partial charge in [-0.05, 0) is 37.9 Å². The summed E-state index contributed by atoms with van der Waals surface area (Å²) in [5.41, 5.74) is -0.300. The van der Waals surface area contributed by atoms with Crippen molar-refractivity contribution in [1.29, 1.82) is 0 Å². The predicted molar refractivity (Wildman–Crippen MR) is 93.8 cm³/mol. The minimum absolute atomic E-state index is 0. The lowest BCUT2D eigenvalue weighted by molar-refractivity contribution is 0.0218. The van der Waals surface area contributed by atoms with Crippen molar-refractivity contribution in [2.24, 2.45) is 0 Å². The molecule has 2 rings (SSSR count). The van der Waals surface area contributed by atoms with Crippen molar-refractivity contribution in [2.75, 3.05) is 33.9 Å². The summed E-state index contributed by atoms with van der Waals surface area (Å²) in [6.07, 6.45) is 1.36. The second-order valence-corrected chi connectivity index (χ2v) is 7.54. The van der Waals surface area contributed by atoms with Crippen LogP contribution >= 0.6 is 12.4 Å². The maximum absolute atomic E-state index is 12.6. The summed E-state index contributed by atoms with van der Waals surface area (Å²) in [5.74, 6) is 0.703. The summed E-state index contributed by atoms with van der Waals surface area (Å²) in [6.45, 7) is 2.95. The fourth-order valence-corrected chi connectivity index (χ4v) is 3.93. The van der Waals surface area contributed by atoms with E-state index in [-0.39, 0.29) is 29.6 Å². The molecule has 24 heavy (non-hydrogen) atoms. The number of halogens is 1. The number of aliphatic hydroxyl groups is 1. The largest absolute Gasteiger partial charge is 0.496 e. The molecule has 1 heterocycles. The molecular weight excluding hydrogens is 356 g/mol. The third-order valence-corrected chi connectivity index (χ3v) is 5.43. The Kier molecular flexibility index (Phi) is 7.30. The smallest absolute Gasteiger partial charge is 0.244 e. The molecule has 1 atom stereocenters. The van der Waals surface area contributed by atoms with Crippen LogP contribution in [0.3, 0.4) is 0 Å². The fraction of sp³-hybridized carbons (Fsp3) is 0.600. The van der Waals surface area contributed by atoms with E-state index in [2.05, 4.69) is 10.0 Å². The van der Waals surface area contributed by atoms with Crippen LogP contribution in [0.5, 0.6) is 11.5 Å². The van der Waals surface area contributed by atoms with Crippen LogP contribution in [-0.2, 0) is 10.0 Å². The summed E-state index contributed by atoms with van der Waals surface area (Å²) < 4.78 is 38.0. The lowest BCUT2D eigenvalue weighted by atomic mass is 9.95. The molecule has 1 aromatic rings. The van der Waals surface area contributed by atoms with E-state index >= 15 is 0 Å². The summed E-state index contributed by atoms with van der Waals surface area (Å²) >= 11 is 0. The number of methoxy groups -OCH3 is 2. The van der Waals surface area contributed by atoms with Gasteiger partial charge in [0, 0.05) is 19.2 Å². The number of hydrogen-bond acceptors (Lipinski definition) is 6. The maximum Gasteiger partial charge on any atom is 0.244 e. The molecule has 1 aliphatic heterocycles. The van der Waals surface area contributed by atoms with Crippen molar-refractivity contribution >= 4 is 22.4 Å². The monoisotopic (exact) mass is 380 g/mol. The number of β-amino-alcohol motifs (C(OH)–C–C–N with tert-alkyl or cyclic N) is 1. The van der Waals surface area contributed by atoms with Gasteiger partial charge in [-0.15, -0.1) is 12.4 Å². The average molecular weight is 381 g/mol. The van der Waals surface area contributed by atoms with Gasteiger partial charge in [0.25, 0.3) is 0 Å². The Morgan fingerprint density at radius 3 is 2.50 bits per heavy atom. The molecule has 0 amide bonds. The van der Waals surface area contributed by atoms with Crippen LogP contribution in [0.4, 0.5) is 0 Å². The van der Waals surface area contributed by atoms with Crippen LogP contribution in [0.1, 0.15) is 18.4 Å². The van der Waals surface area contributed by atoms with Crippen LogP contribution in [0, 0.1) is 6.92 Å². The van der Waals surface area contributed by atoms with E-state index in [1.807, 2.05) is 6.92 Å². The number of piperidine rings is 1.